The summed E-state index contributed by atoms with van der Waals surface area (Å²) in [7, 11) is 0. The molecule has 2 N–H and O–H groups in total. The van der Waals surface area contributed by atoms with Gasteiger partial charge in [0.1, 0.15) is 6.54 Å². The quantitative estimate of drug-likeness (QED) is 0.501. The lowest BCUT2D eigenvalue weighted by atomic mass is 10.0. The fourth-order valence-electron chi connectivity index (χ4n) is 3.14. The van der Waals surface area contributed by atoms with E-state index in [1.807, 2.05) is 25.1 Å². The van der Waals surface area contributed by atoms with Crippen molar-refractivity contribution in [2.75, 3.05) is 25.0 Å². The zero-order valence-corrected chi connectivity index (χ0v) is 15.5. The molecule has 0 fully saturated rings. The molecule has 0 saturated heterocycles. The molecule has 1 heterocycles. The molecule has 2 aromatic rings. The maximum Gasteiger partial charge on any atom is 0.246 e. The molecular formula is C22H24N4O. The predicted molar refractivity (Wildman–Crippen MR) is 110 cm³/mol. The summed E-state index contributed by atoms with van der Waals surface area (Å²) in [5.74, 6) is 3.16. The predicted octanol–water partition coefficient (Wildman–Crippen LogP) is 2.63. The van der Waals surface area contributed by atoms with Crippen LogP contribution in [0.3, 0.4) is 0 Å². The lowest BCUT2D eigenvalue weighted by molar-refractivity contribution is -0.114. The minimum absolute atomic E-state index is 0.0563. The summed E-state index contributed by atoms with van der Waals surface area (Å²) >= 11 is 0. The van der Waals surface area contributed by atoms with Crippen molar-refractivity contribution in [2.45, 2.75) is 19.9 Å². The number of anilines is 1. The maximum absolute atomic E-state index is 12.3. The number of terminal acetylenes is 1. The average molecular weight is 360 g/mol. The average Bonchev–Trinajstić information content (AvgIpc) is 2.71. The first kappa shape index (κ1) is 18.5. The molecule has 5 heteroatoms. The number of hydrogen-bond donors (Lipinski definition) is 2. The van der Waals surface area contributed by atoms with Crippen molar-refractivity contribution in [1.29, 1.82) is 0 Å². The fraction of sp³-hybridized carbons (Fsp3) is 0.273. The van der Waals surface area contributed by atoms with Gasteiger partial charge in [0.05, 0.1) is 0 Å². The van der Waals surface area contributed by atoms with Crippen LogP contribution in [0.25, 0.3) is 0 Å². The van der Waals surface area contributed by atoms with Crippen LogP contribution in [0.1, 0.15) is 23.6 Å². The van der Waals surface area contributed by atoms with Gasteiger partial charge in [-0.25, -0.2) is 4.99 Å². The molecule has 0 radical (unpaired) electrons. The Morgan fingerprint density at radius 2 is 2.04 bits per heavy atom. The zero-order valence-electron chi connectivity index (χ0n) is 15.5. The van der Waals surface area contributed by atoms with Gasteiger partial charge in [0.15, 0.2) is 5.96 Å². The van der Waals surface area contributed by atoms with Gasteiger partial charge < -0.3 is 15.5 Å². The van der Waals surface area contributed by atoms with E-state index in [-0.39, 0.29) is 12.5 Å². The van der Waals surface area contributed by atoms with Crippen LogP contribution in [0.15, 0.2) is 53.5 Å². The number of rotatable bonds is 4. The van der Waals surface area contributed by atoms with Crippen LogP contribution in [-0.2, 0) is 17.8 Å². The Hall–Kier alpha value is -3.26. The van der Waals surface area contributed by atoms with Gasteiger partial charge in [0, 0.05) is 30.9 Å². The van der Waals surface area contributed by atoms with Gasteiger partial charge in [-0.1, -0.05) is 36.3 Å². The second-order valence-corrected chi connectivity index (χ2v) is 6.38. The summed E-state index contributed by atoms with van der Waals surface area (Å²) in [4.78, 5) is 19.0. The Labute approximate surface area is 160 Å². The summed E-state index contributed by atoms with van der Waals surface area (Å²) in [6.07, 6.45) is 6.38. The first-order chi connectivity index (χ1) is 13.2. The lowest BCUT2D eigenvalue weighted by Gasteiger charge is -2.31. The third-order valence-electron chi connectivity index (χ3n) is 4.45. The summed E-state index contributed by atoms with van der Waals surface area (Å²) in [5, 5.41) is 6.13. The van der Waals surface area contributed by atoms with Gasteiger partial charge >= 0.3 is 0 Å². The van der Waals surface area contributed by atoms with E-state index < -0.39 is 0 Å². The van der Waals surface area contributed by atoms with Gasteiger partial charge in [-0.15, -0.1) is 6.42 Å². The number of hydrogen-bond acceptors (Lipinski definition) is 2. The maximum atomic E-state index is 12.3. The summed E-state index contributed by atoms with van der Waals surface area (Å²) < 4.78 is 0. The number of amides is 1. The van der Waals surface area contributed by atoms with E-state index in [4.69, 9.17) is 6.42 Å². The van der Waals surface area contributed by atoms with E-state index in [2.05, 4.69) is 50.7 Å². The lowest BCUT2D eigenvalue weighted by Crippen LogP contribution is -2.44. The van der Waals surface area contributed by atoms with Crippen molar-refractivity contribution >= 4 is 17.6 Å². The van der Waals surface area contributed by atoms with Gasteiger partial charge in [0.2, 0.25) is 5.91 Å². The van der Waals surface area contributed by atoms with Crippen molar-refractivity contribution in [3.8, 4) is 12.3 Å². The summed E-state index contributed by atoms with van der Waals surface area (Å²) in [5.41, 5.74) is 4.11. The van der Waals surface area contributed by atoms with Crippen LogP contribution in [0.2, 0.25) is 0 Å². The van der Waals surface area contributed by atoms with Crippen molar-refractivity contribution in [3.63, 3.8) is 0 Å². The number of guanidine groups is 1. The fourth-order valence-corrected chi connectivity index (χ4v) is 3.14. The molecule has 0 aliphatic carbocycles. The van der Waals surface area contributed by atoms with Crippen LogP contribution in [0.5, 0.6) is 0 Å². The zero-order chi connectivity index (χ0) is 19.1. The Kier molecular flexibility index (Phi) is 6.11. The van der Waals surface area contributed by atoms with Gasteiger partial charge in [-0.05, 0) is 42.7 Å². The normalized spacial score (nSPS) is 13.5. The molecule has 0 aromatic heterocycles. The number of fused-ring (bicyclic) bond motifs is 1. The highest BCUT2D eigenvalue weighted by molar-refractivity contribution is 5.94. The number of nitrogens with one attached hydrogen (secondary N) is 2. The summed E-state index contributed by atoms with van der Waals surface area (Å²) in [6.45, 7) is 4.52. The number of carbonyl (C=O) groups excluding carboxylic acids is 1. The number of aliphatic imine (C=N–C) groups is 1. The Bertz CT molecular complexity index is 882. The molecule has 5 nitrogen and oxygen atoms in total. The molecule has 0 bridgehead atoms. The Balaban J connectivity index is 1.65. The van der Waals surface area contributed by atoms with E-state index in [9.17, 15) is 4.79 Å². The van der Waals surface area contributed by atoms with Crippen molar-refractivity contribution in [2.24, 2.45) is 4.99 Å². The minimum atomic E-state index is -0.169. The van der Waals surface area contributed by atoms with Crippen LogP contribution in [0.4, 0.5) is 5.69 Å². The molecule has 1 aliphatic heterocycles. The van der Waals surface area contributed by atoms with Gasteiger partial charge in [-0.3, -0.25) is 4.79 Å². The highest BCUT2D eigenvalue weighted by Gasteiger charge is 2.18. The number of nitrogens with zero attached hydrogens (tertiary/aromatic N) is 2. The van der Waals surface area contributed by atoms with E-state index >= 15 is 0 Å². The SMILES string of the molecule is C#Cc1cccc(NC(=O)CN=C(NCC)N2CCc3ccccc3C2)c1. The molecule has 2 aromatic carbocycles. The second-order valence-electron chi connectivity index (χ2n) is 6.38. The largest absolute Gasteiger partial charge is 0.356 e. The minimum Gasteiger partial charge on any atom is -0.356 e. The number of benzene rings is 2. The first-order valence-corrected chi connectivity index (χ1v) is 9.16. The summed E-state index contributed by atoms with van der Waals surface area (Å²) in [6, 6.07) is 15.7. The monoisotopic (exact) mass is 360 g/mol. The van der Waals surface area contributed by atoms with E-state index in [0.29, 0.717) is 5.69 Å². The molecule has 0 saturated carbocycles. The molecule has 27 heavy (non-hydrogen) atoms. The van der Waals surface area contributed by atoms with Gasteiger partial charge in [0.25, 0.3) is 0 Å². The first-order valence-electron chi connectivity index (χ1n) is 9.16. The topological polar surface area (TPSA) is 56.7 Å². The van der Waals surface area contributed by atoms with Crippen LogP contribution < -0.4 is 10.6 Å². The molecule has 1 aliphatic rings. The van der Waals surface area contributed by atoms with Crippen LogP contribution in [0, 0.1) is 12.3 Å². The molecule has 0 spiro atoms. The molecule has 1 amide bonds. The third kappa shape index (κ3) is 4.89. The van der Waals surface area contributed by atoms with Crippen molar-refractivity contribution in [3.05, 3.63) is 65.2 Å². The van der Waals surface area contributed by atoms with E-state index in [1.54, 1.807) is 6.07 Å². The molecule has 0 unspecified atom stereocenters. The molecule has 138 valence electrons. The Morgan fingerprint density at radius 3 is 2.81 bits per heavy atom. The highest BCUT2D eigenvalue weighted by atomic mass is 16.1. The molecule has 0 atom stereocenters. The van der Waals surface area contributed by atoms with Gasteiger partial charge in [-0.2, -0.15) is 0 Å². The van der Waals surface area contributed by atoms with E-state index in [1.165, 1.54) is 11.1 Å². The second kappa shape index (κ2) is 8.91. The Morgan fingerprint density at radius 1 is 1.22 bits per heavy atom. The highest BCUT2D eigenvalue weighted by Crippen LogP contribution is 2.18. The molecular weight excluding hydrogens is 336 g/mol. The smallest absolute Gasteiger partial charge is 0.246 e. The third-order valence-corrected chi connectivity index (χ3v) is 4.45. The van der Waals surface area contributed by atoms with Crippen LogP contribution >= 0.6 is 0 Å². The van der Waals surface area contributed by atoms with Crippen molar-refractivity contribution in [1.82, 2.24) is 10.2 Å². The number of carbonyl (C=O) groups is 1. The standard InChI is InChI=1S/C22H24N4O/c1-3-17-8-7-11-20(14-17)25-21(27)15-24-22(23-4-2)26-13-12-18-9-5-6-10-19(18)16-26/h1,5-11,14H,4,12-13,15-16H2,2H3,(H,23,24)(H,25,27). The van der Waals surface area contributed by atoms with E-state index in [0.717, 1.165) is 37.6 Å². The van der Waals surface area contributed by atoms with Crippen LogP contribution in [-0.4, -0.2) is 36.4 Å². The van der Waals surface area contributed by atoms with Crippen molar-refractivity contribution < 1.29 is 4.79 Å². The molecule has 3 rings (SSSR count).